The second-order valence-electron chi connectivity index (χ2n) is 5.21. The fourth-order valence-corrected chi connectivity index (χ4v) is 2.43. The molecule has 2 heterocycles. The first-order chi connectivity index (χ1) is 11.9. The van der Waals surface area contributed by atoms with E-state index in [-0.39, 0.29) is 5.02 Å². The first-order valence-electron chi connectivity index (χ1n) is 7.41. The molecule has 3 aromatic rings. The van der Waals surface area contributed by atoms with Gasteiger partial charge in [-0.1, -0.05) is 23.7 Å². The maximum Gasteiger partial charge on any atom is 0.419 e. The van der Waals surface area contributed by atoms with Crippen LogP contribution >= 0.6 is 11.6 Å². The van der Waals surface area contributed by atoms with Crippen molar-refractivity contribution in [1.29, 1.82) is 0 Å². The maximum absolute atomic E-state index is 12.6. The Kier molecular flexibility index (Phi) is 4.89. The molecule has 0 radical (unpaired) electrons. The van der Waals surface area contributed by atoms with E-state index in [1.807, 2.05) is 24.3 Å². The molecule has 3 rings (SSSR count). The number of para-hydroxylation sites is 2. The SMILES string of the molecule is FC(F)(F)c1c[nH+]c(NCCNc2cnc3ccccc3n2)c(Cl)c1. The van der Waals surface area contributed by atoms with E-state index in [0.29, 0.717) is 24.7 Å². The molecule has 130 valence electrons. The first-order valence-corrected chi connectivity index (χ1v) is 7.79. The zero-order valence-corrected chi connectivity index (χ0v) is 13.6. The highest BCUT2D eigenvalue weighted by atomic mass is 35.5. The van der Waals surface area contributed by atoms with Crippen LogP contribution in [-0.4, -0.2) is 23.1 Å². The van der Waals surface area contributed by atoms with Gasteiger partial charge in [0.1, 0.15) is 23.6 Å². The van der Waals surface area contributed by atoms with Crippen molar-refractivity contribution in [1.82, 2.24) is 9.97 Å². The average molecular weight is 369 g/mol. The fraction of sp³-hybridized carbons (Fsp3) is 0.188. The van der Waals surface area contributed by atoms with Crippen molar-refractivity contribution >= 4 is 34.3 Å². The lowest BCUT2D eigenvalue weighted by Crippen LogP contribution is -2.21. The van der Waals surface area contributed by atoms with Crippen LogP contribution in [0.1, 0.15) is 5.56 Å². The summed E-state index contributed by atoms with van der Waals surface area (Å²) >= 11 is 5.86. The normalized spacial score (nSPS) is 11.5. The van der Waals surface area contributed by atoms with Crippen molar-refractivity contribution in [2.24, 2.45) is 0 Å². The van der Waals surface area contributed by atoms with Crippen molar-refractivity contribution in [2.75, 3.05) is 23.7 Å². The van der Waals surface area contributed by atoms with Gasteiger partial charge in [0.25, 0.3) is 5.82 Å². The Hall–Kier alpha value is -2.61. The van der Waals surface area contributed by atoms with Crippen molar-refractivity contribution in [3.8, 4) is 0 Å². The molecule has 0 saturated carbocycles. The summed E-state index contributed by atoms with van der Waals surface area (Å²) in [6.45, 7) is 0.911. The van der Waals surface area contributed by atoms with Gasteiger partial charge in [0.05, 0.1) is 29.3 Å². The number of aromatic nitrogens is 3. The Labute approximate surface area is 146 Å². The van der Waals surface area contributed by atoms with Crippen molar-refractivity contribution in [3.63, 3.8) is 0 Å². The predicted molar refractivity (Wildman–Crippen MR) is 89.5 cm³/mol. The molecule has 5 nitrogen and oxygen atoms in total. The second-order valence-corrected chi connectivity index (χ2v) is 5.61. The monoisotopic (exact) mass is 368 g/mol. The molecule has 0 fully saturated rings. The molecule has 0 bridgehead atoms. The first kappa shape index (κ1) is 17.2. The third-order valence-corrected chi connectivity index (χ3v) is 3.70. The minimum Gasteiger partial charge on any atom is -0.365 e. The van der Waals surface area contributed by atoms with Gasteiger partial charge in [-0.3, -0.25) is 10.3 Å². The summed E-state index contributed by atoms with van der Waals surface area (Å²) in [5.41, 5.74) is 0.754. The summed E-state index contributed by atoms with van der Waals surface area (Å²) in [4.78, 5) is 11.2. The largest absolute Gasteiger partial charge is 0.419 e. The summed E-state index contributed by atoms with van der Waals surface area (Å²) in [7, 11) is 0. The van der Waals surface area contributed by atoms with Gasteiger partial charge in [0.2, 0.25) is 0 Å². The molecule has 0 unspecified atom stereocenters. The van der Waals surface area contributed by atoms with E-state index in [1.54, 1.807) is 6.20 Å². The van der Waals surface area contributed by atoms with E-state index in [0.717, 1.165) is 23.3 Å². The van der Waals surface area contributed by atoms with Crippen LogP contribution < -0.4 is 15.6 Å². The van der Waals surface area contributed by atoms with Crippen LogP contribution in [0.5, 0.6) is 0 Å². The Morgan fingerprint density at radius 3 is 2.52 bits per heavy atom. The molecule has 2 aromatic heterocycles. The van der Waals surface area contributed by atoms with E-state index < -0.39 is 11.7 Å². The van der Waals surface area contributed by atoms with Crippen LogP contribution in [0, 0.1) is 0 Å². The molecule has 25 heavy (non-hydrogen) atoms. The third-order valence-electron chi connectivity index (χ3n) is 3.40. The van der Waals surface area contributed by atoms with Crippen LogP contribution in [0.25, 0.3) is 11.0 Å². The minimum absolute atomic E-state index is 0.0275. The van der Waals surface area contributed by atoms with Crippen molar-refractivity contribution < 1.29 is 18.2 Å². The van der Waals surface area contributed by atoms with Gasteiger partial charge in [0, 0.05) is 0 Å². The summed E-state index contributed by atoms with van der Waals surface area (Å²) < 4.78 is 37.7. The summed E-state index contributed by atoms with van der Waals surface area (Å²) in [6, 6.07) is 8.38. The smallest absolute Gasteiger partial charge is 0.365 e. The van der Waals surface area contributed by atoms with Gasteiger partial charge in [-0.2, -0.15) is 13.2 Å². The van der Waals surface area contributed by atoms with Crippen molar-refractivity contribution in [2.45, 2.75) is 6.18 Å². The molecule has 0 spiro atoms. The molecule has 1 aromatic carbocycles. The van der Waals surface area contributed by atoms with Crippen LogP contribution in [-0.2, 0) is 6.18 Å². The number of halogens is 4. The molecule has 3 N–H and O–H groups in total. The quantitative estimate of drug-likeness (QED) is 0.675. The Morgan fingerprint density at radius 1 is 1.08 bits per heavy atom. The Bertz CT molecular complexity index is 885. The number of benzene rings is 1. The number of H-pyrrole nitrogens is 1. The molecular weight excluding hydrogens is 355 g/mol. The zero-order chi connectivity index (χ0) is 17.9. The summed E-state index contributed by atoms with van der Waals surface area (Å²) in [5, 5.41) is 6.00. The minimum atomic E-state index is -4.44. The van der Waals surface area contributed by atoms with Crippen LogP contribution in [0.2, 0.25) is 5.02 Å². The molecule has 0 aliphatic rings. The number of hydrogen-bond donors (Lipinski definition) is 2. The number of nitrogens with zero attached hydrogens (tertiary/aromatic N) is 2. The van der Waals surface area contributed by atoms with Gasteiger partial charge >= 0.3 is 6.18 Å². The van der Waals surface area contributed by atoms with Gasteiger partial charge in [-0.25, -0.2) is 9.97 Å². The predicted octanol–water partition coefficient (Wildman–Crippen LogP) is 3.64. The Balaban J connectivity index is 1.56. The number of rotatable bonds is 5. The van der Waals surface area contributed by atoms with E-state index >= 15 is 0 Å². The lowest BCUT2D eigenvalue weighted by atomic mass is 10.3. The fourth-order valence-electron chi connectivity index (χ4n) is 2.19. The highest BCUT2D eigenvalue weighted by Gasteiger charge is 2.32. The molecule has 0 atom stereocenters. The lowest BCUT2D eigenvalue weighted by Gasteiger charge is -2.07. The van der Waals surface area contributed by atoms with E-state index in [4.69, 9.17) is 11.6 Å². The van der Waals surface area contributed by atoms with E-state index in [1.165, 1.54) is 0 Å². The molecule has 0 amide bonds. The van der Waals surface area contributed by atoms with Crippen molar-refractivity contribution in [3.05, 3.63) is 53.3 Å². The average Bonchev–Trinajstić information content (AvgIpc) is 2.59. The number of aromatic amines is 1. The molecular formula is C16H14ClF3N5+. The summed E-state index contributed by atoms with van der Waals surface area (Å²) in [6.07, 6.45) is -1.94. The van der Waals surface area contributed by atoms with Crippen LogP contribution in [0.15, 0.2) is 42.7 Å². The standard InChI is InChI=1S/C16H13ClF3N5/c17-11-7-10(16(18,19)20)8-24-15(11)22-6-5-21-14-9-23-12-3-1-2-4-13(12)25-14/h1-4,7-9H,5-6H2,(H,21,25)(H,22,24)/p+1. The van der Waals surface area contributed by atoms with Gasteiger partial charge < -0.3 is 5.32 Å². The molecule has 0 saturated heterocycles. The highest BCUT2D eigenvalue weighted by molar-refractivity contribution is 6.32. The molecule has 0 aliphatic carbocycles. The third kappa shape index (κ3) is 4.27. The zero-order valence-electron chi connectivity index (χ0n) is 12.9. The number of pyridine rings is 1. The summed E-state index contributed by atoms with van der Waals surface area (Å²) in [5.74, 6) is 0.934. The molecule has 9 heteroatoms. The number of hydrogen-bond acceptors (Lipinski definition) is 4. The van der Waals surface area contributed by atoms with E-state index in [9.17, 15) is 13.2 Å². The van der Waals surface area contributed by atoms with Gasteiger partial charge in [-0.15, -0.1) is 0 Å². The number of alkyl halides is 3. The number of fused-ring (bicyclic) bond motifs is 1. The maximum atomic E-state index is 12.6. The Morgan fingerprint density at radius 2 is 1.80 bits per heavy atom. The lowest BCUT2D eigenvalue weighted by molar-refractivity contribution is -0.364. The van der Waals surface area contributed by atoms with Gasteiger partial charge in [-0.05, 0) is 18.2 Å². The topological polar surface area (TPSA) is 64.0 Å². The number of nitrogens with one attached hydrogen (secondary N) is 3. The highest BCUT2D eigenvalue weighted by Crippen LogP contribution is 2.31. The van der Waals surface area contributed by atoms with Gasteiger partial charge in [0.15, 0.2) is 0 Å². The van der Waals surface area contributed by atoms with Crippen LogP contribution in [0.3, 0.4) is 0 Å². The number of anilines is 2. The second kappa shape index (κ2) is 7.10. The van der Waals surface area contributed by atoms with E-state index in [2.05, 4.69) is 25.6 Å². The van der Waals surface area contributed by atoms with Crippen LogP contribution in [0.4, 0.5) is 24.8 Å². The molecule has 0 aliphatic heterocycles.